The number of amides is 1. The van der Waals surface area contributed by atoms with Crippen LogP contribution in [-0.4, -0.2) is 12.5 Å². The van der Waals surface area contributed by atoms with Crippen LogP contribution < -0.4 is 10.1 Å². The van der Waals surface area contributed by atoms with Crippen molar-refractivity contribution in [3.63, 3.8) is 0 Å². The lowest BCUT2D eigenvalue weighted by molar-refractivity contribution is -0.111. The molecule has 0 radical (unpaired) electrons. The lowest BCUT2D eigenvalue weighted by atomic mass is 10.1. The Morgan fingerprint density at radius 1 is 1.17 bits per heavy atom. The number of hydrogen-bond acceptors (Lipinski definition) is 2. The zero-order valence-corrected chi connectivity index (χ0v) is 16.0. The Morgan fingerprint density at radius 3 is 2.46 bits per heavy atom. The van der Waals surface area contributed by atoms with Crippen molar-refractivity contribution in [2.45, 2.75) is 27.7 Å². The summed E-state index contributed by atoms with van der Waals surface area (Å²) in [7, 11) is 0. The molecular weight excluding hydrogens is 366 g/mol. The summed E-state index contributed by atoms with van der Waals surface area (Å²) >= 11 is 3.44. The molecule has 0 atom stereocenters. The number of halogens is 1. The summed E-state index contributed by atoms with van der Waals surface area (Å²) in [6, 6.07) is 9.86. The molecule has 0 saturated carbocycles. The van der Waals surface area contributed by atoms with Gasteiger partial charge < -0.3 is 10.1 Å². The highest BCUT2D eigenvalue weighted by Gasteiger charge is 2.07. The molecule has 0 aliphatic rings. The third-order valence-electron chi connectivity index (χ3n) is 3.61. The van der Waals surface area contributed by atoms with E-state index in [9.17, 15) is 4.79 Å². The number of aryl methyl sites for hydroxylation is 3. The summed E-state index contributed by atoms with van der Waals surface area (Å²) in [5.74, 6) is 0.597. The first-order valence-electron chi connectivity index (χ1n) is 7.90. The Balaban J connectivity index is 2.18. The van der Waals surface area contributed by atoms with Gasteiger partial charge in [0, 0.05) is 21.8 Å². The number of carbonyl (C=O) groups is 1. The molecule has 0 saturated heterocycles. The number of nitrogens with one attached hydrogen (secondary N) is 1. The maximum absolute atomic E-state index is 12.3. The molecule has 1 amide bonds. The van der Waals surface area contributed by atoms with E-state index in [1.807, 2.05) is 45.9 Å². The zero-order chi connectivity index (χ0) is 17.7. The van der Waals surface area contributed by atoms with Crippen LogP contribution >= 0.6 is 15.9 Å². The molecule has 126 valence electrons. The first-order valence-corrected chi connectivity index (χ1v) is 8.69. The lowest BCUT2D eigenvalue weighted by Gasteiger charge is -2.11. The second kappa shape index (κ2) is 8.15. The van der Waals surface area contributed by atoms with E-state index < -0.39 is 0 Å². The molecule has 0 aliphatic heterocycles. The number of hydrogen-bond donors (Lipinski definition) is 1. The van der Waals surface area contributed by atoms with E-state index in [0.717, 1.165) is 32.6 Å². The van der Waals surface area contributed by atoms with Gasteiger partial charge in [-0.25, -0.2) is 0 Å². The average Bonchev–Trinajstić information content (AvgIpc) is 2.51. The smallest absolute Gasteiger partial charge is 0.248 e. The number of carbonyl (C=O) groups excluding carboxylic acids is 1. The highest BCUT2D eigenvalue weighted by atomic mass is 79.9. The Kier molecular flexibility index (Phi) is 6.21. The van der Waals surface area contributed by atoms with Crippen LogP contribution in [0.5, 0.6) is 5.75 Å². The van der Waals surface area contributed by atoms with Crippen LogP contribution in [0, 0.1) is 20.8 Å². The van der Waals surface area contributed by atoms with Gasteiger partial charge in [-0.3, -0.25) is 4.79 Å². The van der Waals surface area contributed by atoms with Crippen molar-refractivity contribution in [3.8, 4) is 5.75 Å². The Morgan fingerprint density at radius 2 is 1.83 bits per heavy atom. The van der Waals surface area contributed by atoms with Crippen molar-refractivity contribution in [1.29, 1.82) is 0 Å². The van der Waals surface area contributed by atoms with Crippen LogP contribution in [0.4, 0.5) is 5.69 Å². The van der Waals surface area contributed by atoms with Gasteiger partial charge in [0.1, 0.15) is 5.75 Å². The van der Waals surface area contributed by atoms with Gasteiger partial charge in [0.05, 0.1) is 6.61 Å². The highest BCUT2D eigenvalue weighted by molar-refractivity contribution is 9.10. The fourth-order valence-electron chi connectivity index (χ4n) is 2.64. The van der Waals surface area contributed by atoms with Gasteiger partial charge in [-0.1, -0.05) is 33.6 Å². The third-order valence-corrected chi connectivity index (χ3v) is 4.10. The summed E-state index contributed by atoms with van der Waals surface area (Å²) in [5.41, 5.74) is 5.04. The zero-order valence-electron chi connectivity index (χ0n) is 14.4. The molecule has 0 spiro atoms. The Hall–Kier alpha value is -2.07. The van der Waals surface area contributed by atoms with E-state index in [2.05, 4.69) is 33.4 Å². The average molecular weight is 388 g/mol. The summed E-state index contributed by atoms with van der Waals surface area (Å²) in [6.45, 7) is 8.57. The van der Waals surface area contributed by atoms with Gasteiger partial charge in [0.25, 0.3) is 0 Å². The molecule has 1 N–H and O–H groups in total. The van der Waals surface area contributed by atoms with E-state index in [0.29, 0.717) is 6.61 Å². The van der Waals surface area contributed by atoms with Crippen molar-refractivity contribution in [3.05, 3.63) is 63.1 Å². The number of anilines is 1. The first-order chi connectivity index (χ1) is 11.4. The summed E-state index contributed by atoms with van der Waals surface area (Å²) in [6.07, 6.45) is 3.30. The second-order valence-electron chi connectivity index (χ2n) is 5.71. The molecule has 2 aromatic carbocycles. The maximum atomic E-state index is 12.3. The minimum atomic E-state index is -0.160. The van der Waals surface area contributed by atoms with E-state index in [-0.39, 0.29) is 5.91 Å². The third kappa shape index (κ3) is 4.71. The van der Waals surface area contributed by atoms with Gasteiger partial charge in [0.2, 0.25) is 5.91 Å². The number of benzene rings is 2. The molecular formula is C20H22BrNO2. The van der Waals surface area contributed by atoms with Gasteiger partial charge in [0.15, 0.2) is 0 Å². The quantitative estimate of drug-likeness (QED) is 0.694. The molecule has 4 heteroatoms. The molecule has 0 unspecified atom stereocenters. The van der Waals surface area contributed by atoms with E-state index in [1.54, 1.807) is 6.08 Å². The Labute approximate surface area is 151 Å². The summed E-state index contributed by atoms with van der Waals surface area (Å²) < 4.78 is 6.53. The van der Waals surface area contributed by atoms with E-state index in [1.165, 1.54) is 11.6 Å². The molecule has 0 fully saturated rings. The topological polar surface area (TPSA) is 38.3 Å². The molecule has 2 rings (SSSR count). The predicted molar refractivity (Wildman–Crippen MR) is 104 cm³/mol. The molecule has 0 heterocycles. The summed E-state index contributed by atoms with van der Waals surface area (Å²) in [4.78, 5) is 12.3. The van der Waals surface area contributed by atoms with Crippen LogP contribution in [0.25, 0.3) is 6.08 Å². The minimum Gasteiger partial charge on any atom is -0.493 e. The molecule has 3 nitrogen and oxygen atoms in total. The molecule has 0 aromatic heterocycles. The van der Waals surface area contributed by atoms with E-state index in [4.69, 9.17) is 4.74 Å². The van der Waals surface area contributed by atoms with Crippen LogP contribution in [0.3, 0.4) is 0 Å². The largest absolute Gasteiger partial charge is 0.493 e. The fourth-order valence-corrected chi connectivity index (χ4v) is 3.02. The van der Waals surface area contributed by atoms with Crippen molar-refractivity contribution in [2.24, 2.45) is 0 Å². The predicted octanol–water partition coefficient (Wildman–Crippen LogP) is 5.42. The molecule has 0 aliphatic carbocycles. The monoisotopic (exact) mass is 387 g/mol. The van der Waals surface area contributed by atoms with Crippen molar-refractivity contribution >= 4 is 33.6 Å². The van der Waals surface area contributed by atoms with Crippen LogP contribution in [0.1, 0.15) is 29.2 Å². The second-order valence-corrected chi connectivity index (χ2v) is 6.63. The fraction of sp³-hybridized carbons (Fsp3) is 0.250. The van der Waals surface area contributed by atoms with Gasteiger partial charge in [-0.05, 0) is 63.1 Å². The molecule has 0 bridgehead atoms. The van der Waals surface area contributed by atoms with Crippen LogP contribution in [0.2, 0.25) is 0 Å². The van der Waals surface area contributed by atoms with E-state index >= 15 is 0 Å². The van der Waals surface area contributed by atoms with Crippen molar-refractivity contribution in [2.75, 3.05) is 11.9 Å². The highest BCUT2D eigenvalue weighted by Crippen LogP contribution is 2.25. The maximum Gasteiger partial charge on any atom is 0.248 e. The Bertz CT molecular complexity index is 758. The van der Waals surface area contributed by atoms with Crippen LogP contribution in [0.15, 0.2) is 40.9 Å². The summed E-state index contributed by atoms with van der Waals surface area (Å²) in [5, 5.41) is 2.96. The van der Waals surface area contributed by atoms with Crippen molar-refractivity contribution in [1.82, 2.24) is 0 Å². The number of rotatable bonds is 5. The van der Waals surface area contributed by atoms with Crippen LogP contribution in [-0.2, 0) is 4.79 Å². The lowest BCUT2D eigenvalue weighted by Crippen LogP contribution is -2.10. The molecule has 24 heavy (non-hydrogen) atoms. The SMILES string of the molecule is CCOc1ccc(Br)cc1C=CC(=O)Nc1c(C)cc(C)cc1C. The molecule has 2 aromatic rings. The standard InChI is InChI=1S/C20H22BrNO2/c1-5-24-18-8-7-17(21)12-16(18)6-9-19(23)22-20-14(3)10-13(2)11-15(20)4/h6-12H,5H2,1-4H3,(H,22,23). The normalized spacial score (nSPS) is 10.9. The first kappa shape index (κ1) is 18.3. The van der Waals surface area contributed by atoms with Gasteiger partial charge in [-0.15, -0.1) is 0 Å². The van der Waals surface area contributed by atoms with Gasteiger partial charge >= 0.3 is 0 Å². The van der Waals surface area contributed by atoms with Crippen molar-refractivity contribution < 1.29 is 9.53 Å². The minimum absolute atomic E-state index is 0.160. The van der Waals surface area contributed by atoms with Gasteiger partial charge in [-0.2, -0.15) is 0 Å². The number of ether oxygens (including phenoxy) is 1.